The number of nitrogens with zero attached hydrogens (tertiary/aromatic N) is 5. The van der Waals surface area contributed by atoms with Crippen molar-refractivity contribution < 1.29 is 8.83 Å². The highest BCUT2D eigenvalue weighted by Crippen LogP contribution is 2.30. The summed E-state index contributed by atoms with van der Waals surface area (Å²) in [6.45, 7) is 0.830. The fourth-order valence-corrected chi connectivity index (χ4v) is 4.35. The van der Waals surface area contributed by atoms with Crippen molar-refractivity contribution >= 4 is 39.5 Å². The van der Waals surface area contributed by atoms with Crippen molar-refractivity contribution in [2.45, 2.75) is 0 Å². The largest absolute Gasteiger partial charge is 0.443 e. The van der Waals surface area contributed by atoms with Crippen LogP contribution >= 0.6 is 34.4 Å². The number of rotatable bonds is 4. The highest BCUT2D eigenvalue weighted by Gasteiger charge is 2.18. The fourth-order valence-electron chi connectivity index (χ4n) is 2.28. The first kappa shape index (κ1) is 15.0. The van der Waals surface area contributed by atoms with Crippen LogP contribution in [0.5, 0.6) is 0 Å². The minimum Gasteiger partial charge on any atom is -0.443 e. The number of thioether (sulfide) groups is 1. The number of aromatic nitrogens is 4. The van der Waals surface area contributed by atoms with Crippen LogP contribution < -0.4 is 0 Å². The van der Waals surface area contributed by atoms with E-state index in [9.17, 15) is 0 Å². The summed E-state index contributed by atoms with van der Waals surface area (Å²) in [5.41, 5.74) is 4.57. The Hall–Kier alpha value is -2.30. The van der Waals surface area contributed by atoms with Crippen molar-refractivity contribution in [2.24, 2.45) is 4.99 Å². The average Bonchev–Trinajstić information content (AvgIpc) is 3.48. The molecule has 1 aliphatic heterocycles. The summed E-state index contributed by atoms with van der Waals surface area (Å²) in [4.78, 5) is 22.1. The number of oxazole rings is 2. The molecule has 0 spiro atoms. The van der Waals surface area contributed by atoms with E-state index in [2.05, 4.69) is 24.9 Å². The molecule has 1 aliphatic rings. The Labute approximate surface area is 153 Å². The van der Waals surface area contributed by atoms with Gasteiger partial charge in [0.15, 0.2) is 0 Å². The smallest absolute Gasteiger partial charge is 0.246 e. The maximum atomic E-state index is 5.56. The van der Waals surface area contributed by atoms with Crippen molar-refractivity contribution in [3.8, 4) is 33.9 Å². The maximum Gasteiger partial charge on any atom is 0.246 e. The first-order valence-electron chi connectivity index (χ1n) is 7.30. The molecule has 0 saturated heterocycles. The summed E-state index contributed by atoms with van der Waals surface area (Å²) in [7, 11) is 0. The zero-order valence-electron chi connectivity index (χ0n) is 12.6. The summed E-state index contributed by atoms with van der Waals surface area (Å²) in [5, 5.41) is 5.45. The molecule has 25 heavy (non-hydrogen) atoms. The molecular formula is C15H9N5O2S3. The van der Waals surface area contributed by atoms with E-state index in [1.165, 1.54) is 22.7 Å². The van der Waals surface area contributed by atoms with E-state index in [0.29, 0.717) is 23.2 Å². The first-order valence-corrected chi connectivity index (χ1v) is 10.1. The second kappa shape index (κ2) is 6.21. The highest BCUT2D eigenvalue weighted by molar-refractivity contribution is 8.14. The Bertz CT molecular complexity index is 1050. The SMILES string of the molecule is c1nc(-c2nc(-c3nc(-c4nc(C5=NCCS5)co4)cs3)co2)cs1. The molecule has 0 fully saturated rings. The van der Waals surface area contributed by atoms with Crippen LogP contribution in [0.1, 0.15) is 5.69 Å². The van der Waals surface area contributed by atoms with Crippen molar-refractivity contribution in [1.82, 2.24) is 19.9 Å². The first-order chi connectivity index (χ1) is 12.4. The second-order valence-corrected chi connectivity index (χ2v) is 7.68. The van der Waals surface area contributed by atoms with Crippen molar-refractivity contribution in [1.29, 1.82) is 0 Å². The molecule has 0 N–H and O–H groups in total. The number of hydrogen-bond donors (Lipinski definition) is 0. The third-order valence-corrected chi connectivity index (χ3v) is 5.86. The van der Waals surface area contributed by atoms with Crippen LogP contribution in [0.25, 0.3) is 33.9 Å². The zero-order valence-corrected chi connectivity index (χ0v) is 15.0. The molecule has 0 atom stereocenters. The Morgan fingerprint density at radius 1 is 0.880 bits per heavy atom. The molecule has 0 bridgehead atoms. The third-order valence-electron chi connectivity index (χ3n) is 3.41. The van der Waals surface area contributed by atoms with Crippen LogP contribution in [0, 0.1) is 0 Å². The standard InChI is InChI=1S/C15H9N5O2S3/c1-2-24-14(16-1)8-3-22-13(18-8)11-6-25-15(20-11)9-4-21-12(19-9)10-5-23-7-17-10/h3-7H,1-2H2. The average molecular weight is 387 g/mol. The molecule has 0 aromatic carbocycles. The van der Waals surface area contributed by atoms with E-state index < -0.39 is 0 Å². The van der Waals surface area contributed by atoms with Crippen molar-refractivity contribution in [3.63, 3.8) is 0 Å². The Balaban J connectivity index is 1.42. The summed E-state index contributed by atoms with van der Waals surface area (Å²) in [5.74, 6) is 1.96. The van der Waals surface area contributed by atoms with Crippen LogP contribution in [0.4, 0.5) is 0 Å². The van der Waals surface area contributed by atoms with Gasteiger partial charge in [0.05, 0.1) is 5.51 Å². The minimum absolute atomic E-state index is 0.482. The molecule has 5 heterocycles. The van der Waals surface area contributed by atoms with E-state index in [1.807, 2.05) is 10.8 Å². The molecule has 0 saturated carbocycles. The van der Waals surface area contributed by atoms with Crippen LogP contribution in [0.3, 0.4) is 0 Å². The number of hydrogen-bond acceptors (Lipinski definition) is 10. The molecule has 0 amide bonds. The van der Waals surface area contributed by atoms with Gasteiger partial charge in [0.2, 0.25) is 11.8 Å². The normalized spacial score (nSPS) is 14.2. The predicted octanol–water partition coefficient (Wildman–Crippen LogP) is 4.07. The van der Waals surface area contributed by atoms with E-state index in [0.717, 1.165) is 33.7 Å². The second-order valence-electron chi connectivity index (χ2n) is 5.02. The van der Waals surface area contributed by atoms with Crippen LogP contribution in [0.15, 0.2) is 42.6 Å². The lowest BCUT2D eigenvalue weighted by Crippen LogP contribution is -1.91. The van der Waals surface area contributed by atoms with Gasteiger partial charge in [-0.3, -0.25) is 4.99 Å². The van der Waals surface area contributed by atoms with E-state index in [1.54, 1.807) is 29.8 Å². The van der Waals surface area contributed by atoms with Gasteiger partial charge in [-0.2, -0.15) is 0 Å². The highest BCUT2D eigenvalue weighted by atomic mass is 32.2. The summed E-state index contributed by atoms with van der Waals surface area (Å²) in [6.07, 6.45) is 3.21. The topological polar surface area (TPSA) is 90.2 Å². The van der Waals surface area contributed by atoms with Crippen molar-refractivity contribution in [2.75, 3.05) is 12.3 Å². The minimum atomic E-state index is 0.482. The van der Waals surface area contributed by atoms with Gasteiger partial charge in [0, 0.05) is 23.1 Å². The van der Waals surface area contributed by atoms with Gasteiger partial charge in [0.25, 0.3) is 0 Å². The summed E-state index contributed by atoms with van der Waals surface area (Å²) >= 11 is 4.65. The van der Waals surface area contributed by atoms with Gasteiger partial charge in [-0.1, -0.05) is 0 Å². The lowest BCUT2D eigenvalue weighted by molar-refractivity contribution is 0.571. The predicted molar refractivity (Wildman–Crippen MR) is 98.1 cm³/mol. The Morgan fingerprint density at radius 3 is 2.52 bits per heavy atom. The van der Waals surface area contributed by atoms with Gasteiger partial charge in [0.1, 0.15) is 45.4 Å². The van der Waals surface area contributed by atoms with Crippen LogP contribution in [-0.4, -0.2) is 37.3 Å². The Kier molecular flexibility index (Phi) is 3.72. The van der Waals surface area contributed by atoms with Crippen LogP contribution in [0.2, 0.25) is 0 Å². The summed E-state index contributed by atoms with van der Waals surface area (Å²) < 4.78 is 11.1. The number of aliphatic imine (C=N–C) groups is 1. The lowest BCUT2D eigenvalue weighted by atomic mass is 10.4. The molecule has 0 aliphatic carbocycles. The van der Waals surface area contributed by atoms with E-state index in [4.69, 9.17) is 8.83 Å². The molecule has 4 aromatic heterocycles. The molecule has 0 unspecified atom stereocenters. The summed E-state index contributed by atoms with van der Waals surface area (Å²) in [6, 6.07) is 0. The van der Waals surface area contributed by atoms with Gasteiger partial charge in [-0.15, -0.1) is 34.4 Å². The molecule has 10 heteroatoms. The monoisotopic (exact) mass is 387 g/mol. The molecule has 7 nitrogen and oxygen atoms in total. The van der Waals surface area contributed by atoms with Gasteiger partial charge in [-0.05, 0) is 0 Å². The number of thiazole rings is 2. The van der Waals surface area contributed by atoms with E-state index >= 15 is 0 Å². The molecule has 5 rings (SSSR count). The van der Waals surface area contributed by atoms with Gasteiger partial charge in [-0.25, -0.2) is 19.9 Å². The zero-order chi connectivity index (χ0) is 16.6. The van der Waals surface area contributed by atoms with Gasteiger partial charge >= 0.3 is 0 Å². The van der Waals surface area contributed by atoms with Crippen molar-refractivity contribution in [3.05, 3.63) is 34.5 Å². The van der Waals surface area contributed by atoms with Gasteiger partial charge < -0.3 is 8.83 Å². The fraction of sp³-hybridized carbons (Fsp3) is 0.133. The lowest BCUT2D eigenvalue weighted by Gasteiger charge is -1.89. The Morgan fingerprint density at radius 2 is 1.72 bits per heavy atom. The molecule has 124 valence electrons. The molecule has 0 radical (unpaired) electrons. The van der Waals surface area contributed by atoms with Crippen LogP contribution in [-0.2, 0) is 0 Å². The quantitative estimate of drug-likeness (QED) is 0.521. The third kappa shape index (κ3) is 2.81. The molecular weight excluding hydrogens is 378 g/mol. The maximum absolute atomic E-state index is 5.56. The van der Waals surface area contributed by atoms with E-state index in [-0.39, 0.29) is 0 Å². The molecule has 4 aromatic rings.